The third-order valence-corrected chi connectivity index (χ3v) is 2.15. The zero-order valence-corrected chi connectivity index (χ0v) is 8.70. The third-order valence-electron chi connectivity index (χ3n) is 2.15. The van der Waals surface area contributed by atoms with Gasteiger partial charge in [-0.25, -0.2) is 8.78 Å². The number of ether oxygens (including phenoxy) is 1. The minimum absolute atomic E-state index is 0.0183. The average Bonchev–Trinajstić information content (AvgIpc) is 2.69. The number of aromatic nitrogens is 1. The largest absolute Gasteiger partial charge is 0.504 e. The molecule has 0 amide bonds. The maximum atomic E-state index is 13.4. The van der Waals surface area contributed by atoms with Crippen LogP contribution in [0.5, 0.6) is 11.5 Å². The highest BCUT2D eigenvalue weighted by Gasteiger charge is 2.22. The predicted molar refractivity (Wildman–Crippen MR) is 54.5 cm³/mol. The molecule has 1 aromatic carbocycles. The fourth-order valence-corrected chi connectivity index (χ4v) is 1.44. The number of aromatic hydroxyl groups is 1. The van der Waals surface area contributed by atoms with E-state index < -0.39 is 17.4 Å². The summed E-state index contributed by atoms with van der Waals surface area (Å²) in [5.74, 6) is -3.25. The zero-order valence-electron chi connectivity index (χ0n) is 8.70. The molecule has 0 saturated carbocycles. The molecule has 3 N–H and O–H groups in total. The van der Waals surface area contributed by atoms with Gasteiger partial charge in [0.2, 0.25) is 5.88 Å². The highest BCUT2D eigenvalue weighted by Crippen LogP contribution is 2.41. The molecular weight excluding hydrogens is 234 g/mol. The lowest BCUT2D eigenvalue weighted by Gasteiger charge is -2.09. The normalized spacial score (nSPS) is 10.5. The quantitative estimate of drug-likeness (QED) is 0.840. The summed E-state index contributed by atoms with van der Waals surface area (Å²) in [6.45, 7) is 0. The first-order chi connectivity index (χ1) is 8.04. The SMILES string of the molecule is COc1c(F)cc(F)c(O)c1-c1cc(N)on1. The standard InChI is InChI=1S/C10H8F2N2O3/c1-16-10-5(12)2-4(11)9(15)8(10)6-3-7(13)17-14-6/h2-3,15H,13H2,1H3. The van der Waals surface area contributed by atoms with Crippen LogP contribution in [0.15, 0.2) is 16.7 Å². The summed E-state index contributed by atoms with van der Waals surface area (Å²) >= 11 is 0. The van der Waals surface area contributed by atoms with E-state index in [1.54, 1.807) is 0 Å². The average molecular weight is 242 g/mol. The lowest BCUT2D eigenvalue weighted by atomic mass is 10.1. The molecule has 7 heteroatoms. The van der Waals surface area contributed by atoms with Gasteiger partial charge in [0.15, 0.2) is 23.1 Å². The van der Waals surface area contributed by atoms with Crippen molar-refractivity contribution in [3.8, 4) is 22.8 Å². The molecule has 90 valence electrons. The summed E-state index contributed by atoms with van der Waals surface area (Å²) in [7, 11) is 1.18. The molecular formula is C10H8F2N2O3. The Labute approximate surface area is 94.4 Å². The number of hydrogen-bond acceptors (Lipinski definition) is 5. The highest BCUT2D eigenvalue weighted by atomic mass is 19.1. The smallest absolute Gasteiger partial charge is 0.222 e. The van der Waals surface area contributed by atoms with Gasteiger partial charge in [-0.05, 0) is 0 Å². The predicted octanol–water partition coefficient (Wildman–Crippen LogP) is 1.92. The van der Waals surface area contributed by atoms with E-state index in [0.29, 0.717) is 6.07 Å². The van der Waals surface area contributed by atoms with E-state index in [1.807, 2.05) is 0 Å². The van der Waals surface area contributed by atoms with E-state index in [4.69, 9.17) is 10.5 Å². The van der Waals surface area contributed by atoms with Crippen LogP contribution in [0, 0.1) is 11.6 Å². The Bertz CT molecular complexity index is 569. The zero-order chi connectivity index (χ0) is 12.6. The van der Waals surface area contributed by atoms with Gasteiger partial charge in [0.1, 0.15) is 5.69 Å². The molecule has 0 spiro atoms. The van der Waals surface area contributed by atoms with E-state index in [1.165, 1.54) is 13.2 Å². The van der Waals surface area contributed by atoms with Crippen LogP contribution in [0.2, 0.25) is 0 Å². The van der Waals surface area contributed by atoms with Gasteiger partial charge in [-0.15, -0.1) is 0 Å². The number of rotatable bonds is 2. The summed E-state index contributed by atoms with van der Waals surface area (Å²) in [5.41, 5.74) is 5.03. The summed E-state index contributed by atoms with van der Waals surface area (Å²) in [6, 6.07) is 1.73. The first kappa shape index (κ1) is 11.2. The molecule has 0 radical (unpaired) electrons. The lowest BCUT2D eigenvalue weighted by molar-refractivity contribution is 0.372. The molecule has 0 aliphatic heterocycles. The maximum Gasteiger partial charge on any atom is 0.222 e. The van der Waals surface area contributed by atoms with Crippen LogP contribution < -0.4 is 10.5 Å². The first-order valence-electron chi connectivity index (χ1n) is 4.52. The molecule has 0 unspecified atom stereocenters. The second-order valence-corrected chi connectivity index (χ2v) is 3.21. The lowest BCUT2D eigenvalue weighted by Crippen LogP contribution is -1.95. The monoisotopic (exact) mass is 242 g/mol. The molecule has 0 atom stereocenters. The molecule has 17 heavy (non-hydrogen) atoms. The van der Waals surface area contributed by atoms with Crippen molar-refractivity contribution in [1.82, 2.24) is 5.16 Å². The van der Waals surface area contributed by atoms with Crippen molar-refractivity contribution in [3.05, 3.63) is 23.8 Å². The number of nitrogen functional groups attached to an aromatic ring is 1. The van der Waals surface area contributed by atoms with Crippen molar-refractivity contribution >= 4 is 5.88 Å². The summed E-state index contributed by atoms with van der Waals surface area (Å²) in [4.78, 5) is 0. The Kier molecular flexibility index (Phi) is 2.58. The third kappa shape index (κ3) is 1.75. The van der Waals surface area contributed by atoms with Crippen LogP contribution in [0.4, 0.5) is 14.7 Å². The molecule has 1 heterocycles. The maximum absolute atomic E-state index is 13.4. The van der Waals surface area contributed by atoms with Crippen molar-refractivity contribution in [1.29, 1.82) is 0 Å². The summed E-state index contributed by atoms with van der Waals surface area (Å²) in [5, 5.41) is 13.0. The van der Waals surface area contributed by atoms with Gasteiger partial charge in [0.05, 0.1) is 12.7 Å². The number of phenols is 1. The molecule has 0 aliphatic rings. The van der Waals surface area contributed by atoms with Gasteiger partial charge < -0.3 is 20.1 Å². The summed E-state index contributed by atoms with van der Waals surface area (Å²) < 4.78 is 36.0. The van der Waals surface area contributed by atoms with Gasteiger partial charge in [0, 0.05) is 12.1 Å². The molecule has 2 aromatic rings. The number of nitrogens with two attached hydrogens (primary N) is 1. The van der Waals surface area contributed by atoms with E-state index in [0.717, 1.165) is 0 Å². The Morgan fingerprint density at radius 2 is 2.06 bits per heavy atom. The Morgan fingerprint density at radius 1 is 1.35 bits per heavy atom. The second-order valence-electron chi connectivity index (χ2n) is 3.21. The molecule has 0 fully saturated rings. The van der Waals surface area contributed by atoms with Crippen LogP contribution in [0.1, 0.15) is 0 Å². The first-order valence-corrected chi connectivity index (χ1v) is 4.52. The number of methoxy groups -OCH3 is 1. The van der Waals surface area contributed by atoms with Crippen LogP contribution in [0.25, 0.3) is 11.3 Å². The fraction of sp³-hybridized carbons (Fsp3) is 0.100. The number of benzene rings is 1. The number of halogens is 2. The van der Waals surface area contributed by atoms with Crippen molar-refractivity contribution in [2.45, 2.75) is 0 Å². The van der Waals surface area contributed by atoms with Crippen LogP contribution in [0.3, 0.4) is 0 Å². The van der Waals surface area contributed by atoms with Crippen molar-refractivity contribution < 1.29 is 23.1 Å². The van der Waals surface area contributed by atoms with Crippen LogP contribution in [-0.2, 0) is 0 Å². The summed E-state index contributed by atoms with van der Waals surface area (Å²) in [6.07, 6.45) is 0. The van der Waals surface area contributed by atoms with Gasteiger partial charge in [0.25, 0.3) is 0 Å². The minimum atomic E-state index is -1.13. The van der Waals surface area contributed by atoms with Crippen molar-refractivity contribution in [3.63, 3.8) is 0 Å². The Hall–Kier alpha value is -2.31. The molecule has 2 rings (SSSR count). The molecule has 5 nitrogen and oxygen atoms in total. The van der Waals surface area contributed by atoms with Crippen molar-refractivity contribution in [2.24, 2.45) is 0 Å². The van der Waals surface area contributed by atoms with Gasteiger partial charge >= 0.3 is 0 Å². The van der Waals surface area contributed by atoms with Crippen LogP contribution >= 0.6 is 0 Å². The number of phenolic OH excluding ortho intramolecular Hbond substituents is 1. The molecule has 0 bridgehead atoms. The van der Waals surface area contributed by atoms with E-state index in [-0.39, 0.29) is 22.9 Å². The van der Waals surface area contributed by atoms with Gasteiger partial charge in [-0.3, -0.25) is 0 Å². The number of nitrogens with zero attached hydrogens (tertiary/aromatic N) is 1. The number of hydrogen-bond donors (Lipinski definition) is 2. The number of anilines is 1. The molecule has 1 aromatic heterocycles. The van der Waals surface area contributed by atoms with E-state index in [9.17, 15) is 13.9 Å². The Balaban J connectivity index is 2.74. The fourth-order valence-electron chi connectivity index (χ4n) is 1.44. The highest BCUT2D eigenvalue weighted by molar-refractivity contribution is 5.75. The van der Waals surface area contributed by atoms with Crippen LogP contribution in [-0.4, -0.2) is 17.4 Å². The minimum Gasteiger partial charge on any atom is -0.504 e. The van der Waals surface area contributed by atoms with E-state index in [2.05, 4.69) is 9.68 Å². The van der Waals surface area contributed by atoms with Gasteiger partial charge in [-0.1, -0.05) is 5.16 Å². The molecule has 0 saturated heterocycles. The Morgan fingerprint density at radius 3 is 2.59 bits per heavy atom. The van der Waals surface area contributed by atoms with Crippen molar-refractivity contribution in [2.75, 3.05) is 12.8 Å². The van der Waals surface area contributed by atoms with E-state index >= 15 is 0 Å². The molecule has 0 aliphatic carbocycles. The topological polar surface area (TPSA) is 81.5 Å². The second kappa shape index (κ2) is 3.93. The van der Waals surface area contributed by atoms with Gasteiger partial charge in [-0.2, -0.15) is 0 Å².